The summed E-state index contributed by atoms with van der Waals surface area (Å²) in [5.74, 6) is 1.35. The molecule has 0 saturated carbocycles. The number of allylic oxidation sites excluding steroid dienone is 5. The van der Waals surface area contributed by atoms with Gasteiger partial charge in [-0.3, -0.25) is 0 Å². The fraction of sp³-hybridized carbons (Fsp3) is 0.143. The number of halogens is 1. The van der Waals surface area contributed by atoms with Crippen LogP contribution in [0.3, 0.4) is 0 Å². The first-order valence-electron chi connectivity index (χ1n) is 2.59. The lowest BCUT2D eigenvalue weighted by atomic mass is 10.1. The minimum atomic E-state index is -0.282. The molecule has 2 heteroatoms. The Labute approximate surface area is 52.2 Å². The van der Waals surface area contributed by atoms with Gasteiger partial charge in [-0.25, -0.2) is 9.18 Å². The summed E-state index contributed by atoms with van der Waals surface area (Å²) in [4.78, 5) is 9.90. The third-order valence-corrected chi connectivity index (χ3v) is 1.06. The fourth-order valence-corrected chi connectivity index (χ4v) is 0.639. The standard InChI is InChI=1S/C7H5FO/c8-7-3-1-2-6(4-7)5-9/h1-3H,4H2. The minimum absolute atomic E-state index is 0.0972. The van der Waals surface area contributed by atoms with Crippen LogP contribution in [-0.2, 0) is 4.79 Å². The fourth-order valence-electron chi connectivity index (χ4n) is 0.639. The van der Waals surface area contributed by atoms with E-state index in [9.17, 15) is 9.18 Å². The van der Waals surface area contributed by atoms with Gasteiger partial charge in [0.2, 0.25) is 0 Å². The predicted octanol–water partition coefficient (Wildman–Crippen LogP) is 1.56. The van der Waals surface area contributed by atoms with Gasteiger partial charge in [0.25, 0.3) is 0 Å². The first-order valence-corrected chi connectivity index (χ1v) is 2.59. The van der Waals surface area contributed by atoms with Crippen molar-refractivity contribution < 1.29 is 9.18 Å². The van der Waals surface area contributed by atoms with Crippen molar-refractivity contribution in [3.63, 3.8) is 0 Å². The van der Waals surface area contributed by atoms with Crippen LogP contribution in [0, 0.1) is 0 Å². The van der Waals surface area contributed by atoms with E-state index in [4.69, 9.17) is 0 Å². The van der Waals surface area contributed by atoms with Crippen LogP contribution in [-0.4, -0.2) is 5.94 Å². The summed E-state index contributed by atoms with van der Waals surface area (Å²) in [6.45, 7) is 0. The molecule has 1 aliphatic rings. The SMILES string of the molecule is O=C=C1C=CC=C(F)C1. The normalized spacial score (nSPS) is 17.0. The maximum Gasteiger partial charge on any atom is 0.128 e. The maximum absolute atomic E-state index is 12.2. The van der Waals surface area contributed by atoms with E-state index in [1.807, 2.05) is 0 Å². The molecule has 0 bridgehead atoms. The molecule has 0 radical (unpaired) electrons. The van der Waals surface area contributed by atoms with Gasteiger partial charge >= 0.3 is 0 Å². The van der Waals surface area contributed by atoms with Gasteiger partial charge in [-0.2, -0.15) is 0 Å². The summed E-state index contributed by atoms with van der Waals surface area (Å²) in [6, 6.07) is 0. The Bertz CT molecular complexity index is 219. The van der Waals surface area contributed by atoms with Crippen molar-refractivity contribution in [2.75, 3.05) is 0 Å². The quantitative estimate of drug-likeness (QED) is 0.448. The van der Waals surface area contributed by atoms with Crippen molar-refractivity contribution in [2.24, 2.45) is 0 Å². The van der Waals surface area contributed by atoms with Gasteiger partial charge in [0, 0.05) is 12.0 Å². The smallest absolute Gasteiger partial charge is 0.128 e. The molecule has 9 heavy (non-hydrogen) atoms. The summed E-state index contributed by atoms with van der Waals surface area (Å²) >= 11 is 0. The Morgan fingerprint density at radius 1 is 1.67 bits per heavy atom. The molecule has 0 aliphatic heterocycles. The second-order valence-corrected chi connectivity index (χ2v) is 1.78. The highest BCUT2D eigenvalue weighted by Crippen LogP contribution is 2.15. The van der Waals surface area contributed by atoms with E-state index in [-0.39, 0.29) is 12.2 Å². The minimum Gasteiger partial charge on any atom is -0.233 e. The van der Waals surface area contributed by atoms with Gasteiger partial charge in [0.15, 0.2) is 0 Å². The summed E-state index contributed by atoms with van der Waals surface area (Å²) in [5, 5.41) is 0. The Morgan fingerprint density at radius 3 is 2.89 bits per heavy atom. The summed E-state index contributed by atoms with van der Waals surface area (Å²) in [7, 11) is 0. The molecular formula is C7H5FO. The first-order chi connectivity index (χ1) is 4.33. The second kappa shape index (κ2) is 2.42. The van der Waals surface area contributed by atoms with Gasteiger partial charge in [0.05, 0.1) is 0 Å². The van der Waals surface area contributed by atoms with E-state index in [2.05, 4.69) is 0 Å². The van der Waals surface area contributed by atoms with Crippen LogP contribution in [0.1, 0.15) is 6.42 Å². The lowest BCUT2D eigenvalue weighted by Gasteiger charge is -1.97. The van der Waals surface area contributed by atoms with Crippen LogP contribution < -0.4 is 0 Å². The largest absolute Gasteiger partial charge is 0.233 e. The van der Waals surface area contributed by atoms with Crippen LogP contribution in [0.5, 0.6) is 0 Å². The highest BCUT2D eigenvalue weighted by atomic mass is 19.1. The molecule has 0 unspecified atom stereocenters. The van der Waals surface area contributed by atoms with Gasteiger partial charge in [-0.15, -0.1) is 0 Å². The molecule has 0 atom stereocenters. The Balaban J connectivity index is 2.85. The van der Waals surface area contributed by atoms with E-state index in [0.29, 0.717) is 5.57 Å². The first kappa shape index (κ1) is 5.99. The number of rotatable bonds is 0. The van der Waals surface area contributed by atoms with E-state index in [1.54, 1.807) is 12.0 Å². The van der Waals surface area contributed by atoms with Crippen molar-refractivity contribution >= 4 is 5.94 Å². The molecule has 1 rings (SSSR count). The topological polar surface area (TPSA) is 17.1 Å². The zero-order valence-corrected chi connectivity index (χ0v) is 4.73. The summed E-state index contributed by atoms with van der Waals surface area (Å²) < 4.78 is 12.2. The second-order valence-electron chi connectivity index (χ2n) is 1.78. The highest BCUT2D eigenvalue weighted by molar-refractivity contribution is 5.59. The Morgan fingerprint density at radius 2 is 2.44 bits per heavy atom. The highest BCUT2D eigenvalue weighted by Gasteiger charge is 2.01. The molecule has 0 saturated heterocycles. The average molecular weight is 124 g/mol. The molecule has 1 aliphatic carbocycles. The number of carbonyl (C=O) groups excluding carboxylic acids is 1. The molecule has 0 aromatic carbocycles. The molecule has 1 nitrogen and oxygen atoms in total. The monoisotopic (exact) mass is 124 g/mol. The summed E-state index contributed by atoms with van der Waals surface area (Å²) in [5.41, 5.74) is 0.370. The van der Waals surface area contributed by atoms with E-state index >= 15 is 0 Å². The average Bonchev–Trinajstić information content (AvgIpc) is 1.88. The lowest BCUT2D eigenvalue weighted by molar-refractivity contribution is 0.564. The zero-order chi connectivity index (χ0) is 6.69. The van der Waals surface area contributed by atoms with Crippen LogP contribution in [0.25, 0.3) is 0 Å². The van der Waals surface area contributed by atoms with Crippen LogP contribution in [0.4, 0.5) is 4.39 Å². The predicted molar refractivity (Wildman–Crippen MR) is 32.2 cm³/mol. The molecule has 0 aromatic heterocycles. The van der Waals surface area contributed by atoms with Crippen molar-refractivity contribution in [1.82, 2.24) is 0 Å². The van der Waals surface area contributed by atoms with Crippen molar-refractivity contribution in [1.29, 1.82) is 0 Å². The van der Waals surface area contributed by atoms with Gasteiger partial charge in [0.1, 0.15) is 11.8 Å². The maximum atomic E-state index is 12.2. The lowest BCUT2D eigenvalue weighted by Crippen LogP contribution is -1.85. The molecule has 0 amide bonds. The molecule has 0 aromatic rings. The van der Waals surface area contributed by atoms with Crippen molar-refractivity contribution in [3.05, 3.63) is 29.6 Å². The van der Waals surface area contributed by atoms with Crippen LogP contribution in [0.2, 0.25) is 0 Å². The van der Waals surface area contributed by atoms with Gasteiger partial charge < -0.3 is 0 Å². The van der Waals surface area contributed by atoms with Crippen molar-refractivity contribution in [2.45, 2.75) is 6.42 Å². The molecule has 0 N–H and O–H groups in total. The van der Waals surface area contributed by atoms with E-state index in [0.717, 1.165) is 0 Å². The third-order valence-electron chi connectivity index (χ3n) is 1.06. The van der Waals surface area contributed by atoms with E-state index < -0.39 is 0 Å². The number of hydrogen-bond acceptors (Lipinski definition) is 1. The number of hydrogen-bond donors (Lipinski definition) is 0. The molecule has 0 fully saturated rings. The Kier molecular flexibility index (Phi) is 1.61. The van der Waals surface area contributed by atoms with Crippen LogP contribution in [0.15, 0.2) is 29.6 Å². The summed E-state index contributed by atoms with van der Waals surface area (Å²) in [6.07, 6.45) is 4.48. The molecule has 46 valence electrons. The molecule has 0 heterocycles. The van der Waals surface area contributed by atoms with Gasteiger partial charge in [-0.05, 0) is 12.2 Å². The van der Waals surface area contributed by atoms with E-state index in [1.165, 1.54) is 12.2 Å². The Hall–Kier alpha value is -1.14. The third kappa shape index (κ3) is 1.37. The van der Waals surface area contributed by atoms with Crippen LogP contribution >= 0.6 is 0 Å². The molecule has 0 spiro atoms. The van der Waals surface area contributed by atoms with Crippen molar-refractivity contribution in [3.8, 4) is 0 Å². The molecular weight excluding hydrogens is 119 g/mol. The zero-order valence-electron chi connectivity index (χ0n) is 4.73. The van der Waals surface area contributed by atoms with Gasteiger partial charge in [-0.1, -0.05) is 6.08 Å².